The Kier molecular flexibility index (Phi) is 8.34. The van der Waals surface area contributed by atoms with Crippen molar-refractivity contribution < 1.29 is 38.4 Å². The van der Waals surface area contributed by atoms with Crippen molar-refractivity contribution in [2.75, 3.05) is 6.54 Å². The maximum Gasteiger partial charge on any atom is 0.411 e. The van der Waals surface area contributed by atoms with Gasteiger partial charge in [0.2, 0.25) is 0 Å². The van der Waals surface area contributed by atoms with E-state index in [1.54, 1.807) is 20.8 Å². The normalized spacial score (nSPS) is 20.6. The van der Waals surface area contributed by atoms with E-state index >= 15 is 0 Å². The zero-order valence-electron chi connectivity index (χ0n) is 19.8. The van der Waals surface area contributed by atoms with E-state index in [2.05, 4.69) is 0 Å². The first-order chi connectivity index (χ1) is 16.5. The number of amides is 4. The summed E-state index contributed by atoms with van der Waals surface area (Å²) in [6.45, 7) is 4.91. The summed E-state index contributed by atoms with van der Waals surface area (Å²) in [7, 11) is 0. The standard InChI is InChI=1S/C23H28ClN3O8/c1-23(2,3)34-22(32)25-13-16(26(21(24)31)33-14-15-7-5-4-6-8-15)9-10-17(25)20(30)35-27-18(28)11-12-19(27)29/h4-8,16-17H,9-14H2,1-3H3/t16-,17+/m1/s1. The number of hydrogen-bond acceptors (Lipinski definition) is 8. The minimum atomic E-state index is -1.15. The maximum absolute atomic E-state index is 13.0. The van der Waals surface area contributed by atoms with Crippen molar-refractivity contribution in [1.82, 2.24) is 15.0 Å². The molecule has 0 saturated carbocycles. The van der Waals surface area contributed by atoms with Crippen molar-refractivity contribution in [2.24, 2.45) is 0 Å². The molecule has 11 nitrogen and oxygen atoms in total. The van der Waals surface area contributed by atoms with Gasteiger partial charge in [-0.05, 0) is 50.8 Å². The SMILES string of the molecule is CC(C)(C)OC(=O)N1C[C@H](N(OCc2ccccc2)C(=O)Cl)CC[C@H]1C(=O)ON1C(=O)CCC1=O. The number of nitrogens with zero attached hydrogens (tertiary/aromatic N) is 3. The Morgan fingerprint density at radius 2 is 1.69 bits per heavy atom. The molecule has 0 unspecified atom stereocenters. The molecule has 0 aliphatic carbocycles. The van der Waals surface area contributed by atoms with Crippen LogP contribution in [-0.4, -0.2) is 68.5 Å². The molecule has 0 radical (unpaired) electrons. The Morgan fingerprint density at radius 3 is 2.26 bits per heavy atom. The fourth-order valence-electron chi connectivity index (χ4n) is 3.74. The molecule has 12 heteroatoms. The Labute approximate surface area is 207 Å². The van der Waals surface area contributed by atoms with Crippen molar-refractivity contribution in [3.63, 3.8) is 0 Å². The summed E-state index contributed by atoms with van der Waals surface area (Å²) in [5, 5.41) is 0.518. The Hall–Kier alpha value is -3.18. The lowest BCUT2D eigenvalue weighted by Crippen LogP contribution is -2.58. The van der Waals surface area contributed by atoms with Gasteiger partial charge in [-0.15, -0.1) is 5.06 Å². The van der Waals surface area contributed by atoms with E-state index in [0.717, 1.165) is 15.5 Å². The van der Waals surface area contributed by atoms with Crippen molar-refractivity contribution in [2.45, 2.75) is 70.7 Å². The summed E-state index contributed by atoms with van der Waals surface area (Å²) in [5.74, 6) is -2.21. The quantitative estimate of drug-likeness (QED) is 0.248. The van der Waals surface area contributed by atoms with Gasteiger partial charge in [-0.3, -0.25) is 24.1 Å². The number of ether oxygens (including phenoxy) is 1. The maximum atomic E-state index is 13.0. The molecule has 3 rings (SSSR count). The monoisotopic (exact) mass is 509 g/mol. The van der Waals surface area contributed by atoms with Gasteiger partial charge in [0.1, 0.15) is 18.2 Å². The van der Waals surface area contributed by atoms with Crippen LogP contribution in [0.3, 0.4) is 0 Å². The van der Waals surface area contributed by atoms with Crippen LogP contribution in [0.15, 0.2) is 30.3 Å². The van der Waals surface area contributed by atoms with Crippen molar-refractivity contribution in [3.8, 4) is 0 Å². The summed E-state index contributed by atoms with van der Waals surface area (Å²) in [4.78, 5) is 73.5. The van der Waals surface area contributed by atoms with E-state index in [4.69, 9.17) is 26.0 Å². The molecule has 2 heterocycles. The molecule has 2 aliphatic heterocycles. The van der Waals surface area contributed by atoms with Crippen LogP contribution in [0.1, 0.15) is 52.0 Å². The molecule has 2 fully saturated rings. The smallest absolute Gasteiger partial charge is 0.411 e. The molecule has 0 bridgehead atoms. The molecule has 1 aromatic rings. The van der Waals surface area contributed by atoms with Crippen LogP contribution < -0.4 is 0 Å². The fraction of sp³-hybridized carbons (Fsp3) is 0.522. The topological polar surface area (TPSA) is 123 Å². The number of rotatable bonds is 6. The van der Waals surface area contributed by atoms with Gasteiger partial charge in [-0.1, -0.05) is 30.3 Å². The molecule has 0 aromatic heterocycles. The molecule has 190 valence electrons. The second-order valence-electron chi connectivity index (χ2n) is 9.21. The van der Waals surface area contributed by atoms with Gasteiger partial charge in [0.05, 0.1) is 6.04 Å². The molecule has 35 heavy (non-hydrogen) atoms. The summed E-state index contributed by atoms with van der Waals surface area (Å²) < 4.78 is 5.44. The van der Waals surface area contributed by atoms with Crippen molar-refractivity contribution in [3.05, 3.63) is 35.9 Å². The first-order valence-electron chi connectivity index (χ1n) is 11.2. The molecule has 2 saturated heterocycles. The highest BCUT2D eigenvalue weighted by atomic mass is 35.5. The number of imide groups is 1. The highest BCUT2D eigenvalue weighted by Crippen LogP contribution is 2.27. The molecule has 4 amide bonds. The number of benzene rings is 1. The second kappa shape index (κ2) is 11.0. The van der Waals surface area contributed by atoms with Crippen LogP contribution in [-0.2, 0) is 35.4 Å². The number of hydroxylamine groups is 4. The van der Waals surface area contributed by atoms with Crippen LogP contribution >= 0.6 is 11.6 Å². The lowest BCUT2D eigenvalue weighted by molar-refractivity contribution is -0.203. The van der Waals surface area contributed by atoms with Gasteiger partial charge >= 0.3 is 17.4 Å². The lowest BCUT2D eigenvalue weighted by Gasteiger charge is -2.41. The average molecular weight is 510 g/mol. The van der Waals surface area contributed by atoms with Gasteiger partial charge in [0.25, 0.3) is 11.8 Å². The average Bonchev–Trinajstić information content (AvgIpc) is 3.10. The Balaban J connectivity index is 1.76. The van der Waals surface area contributed by atoms with E-state index in [0.29, 0.717) is 5.06 Å². The summed E-state index contributed by atoms with van der Waals surface area (Å²) in [5.41, 5.74) is -0.0674. The molecule has 2 atom stereocenters. The highest BCUT2D eigenvalue weighted by Gasteiger charge is 2.44. The van der Waals surface area contributed by atoms with Gasteiger partial charge in [0, 0.05) is 19.4 Å². The number of halogens is 1. The summed E-state index contributed by atoms with van der Waals surface area (Å²) >= 11 is 5.78. The Morgan fingerprint density at radius 1 is 1.06 bits per heavy atom. The third-order valence-corrected chi connectivity index (χ3v) is 5.53. The third-order valence-electron chi connectivity index (χ3n) is 5.36. The number of carbonyl (C=O) groups excluding carboxylic acids is 5. The first kappa shape index (κ1) is 26.4. The van der Waals surface area contributed by atoms with E-state index in [-0.39, 0.29) is 38.8 Å². The van der Waals surface area contributed by atoms with Gasteiger partial charge in [0.15, 0.2) is 0 Å². The molecular weight excluding hydrogens is 482 g/mol. The largest absolute Gasteiger partial charge is 0.444 e. The first-order valence-corrected chi connectivity index (χ1v) is 11.6. The number of likely N-dealkylation sites (tertiary alicyclic amines) is 1. The molecular formula is C23H28ClN3O8. The van der Waals surface area contributed by atoms with Gasteiger partial charge in [-0.25, -0.2) is 14.7 Å². The van der Waals surface area contributed by atoms with Crippen LogP contribution in [0.2, 0.25) is 0 Å². The van der Waals surface area contributed by atoms with Crippen molar-refractivity contribution >= 4 is 40.8 Å². The number of piperidine rings is 1. The molecule has 0 spiro atoms. The molecule has 1 aromatic carbocycles. The van der Waals surface area contributed by atoms with Crippen LogP contribution in [0.4, 0.5) is 9.59 Å². The third kappa shape index (κ3) is 6.92. The van der Waals surface area contributed by atoms with E-state index in [1.807, 2.05) is 30.3 Å². The minimum absolute atomic E-state index is 0.0499. The zero-order valence-corrected chi connectivity index (χ0v) is 20.5. The summed E-state index contributed by atoms with van der Waals surface area (Å²) in [6.07, 6.45) is -0.656. The lowest BCUT2D eigenvalue weighted by atomic mass is 9.98. The van der Waals surface area contributed by atoms with E-state index in [1.165, 1.54) is 0 Å². The molecule has 2 aliphatic rings. The van der Waals surface area contributed by atoms with Crippen LogP contribution in [0, 0.1) is 0 Å². The predicted molar refractivity (Wildman–Crippen MR) is 121 cm³/mol. The second-order valence-corrected chi connectivity index (χ2v) is 9.53. The van der Waals surface area contributed by atoms with E-state index < -0.39 is 46.9 Å². The van der Waals surface area contributed by atoms with Gasteiger partial charge in [-0.2, -0.15) is 0 Å². The Bertz CT molecular complexity index is 965. The van der Waals surface area contributed by atoms with Gasteiger partial charge < -0.3 is 9.57 Å². The van der Waals surface area contributed by atoms with E-state index in [9.17, 15) is 24.0 Å². The molecule has 0 N–H and O–H groups in total. The fourth-order valence-corrected chi connectivity index (χ4v) is 3.92. The van der Waals surface area contributed by atoms with Crippen LogP contribution in [0.5, 0.6) is 0 Å². The van der Waals surface area contributed by atoms with Crippen LogP contribution in [0.25, 0.3) is 0 Å². The minimum Gasteiger partial charge on any atom is -0.444 e. The predicted octanol–water partition coefficient (Wildman–Crippen LogP) is 3.15. The highest BCUT2D eigenvalue weighted by molar-refractivity contribution is 6.62. The summed E-state index contributed by atoms with van der Waals surface area (Å²) in [6, 6.07) is 7.29. The van der Waals surface area contributed by atoms with Crippen molar-refractivity contribution in [1.29, 1.82) is 0 Å². The number of carbonyl (C=O) groups is 5. The zero-order chi connectivity index (χ0) is 25.8. The number of hydrogen-bond donors (Lipinski definition) is 0.